The summed E-state index contributed by atoms with van der Waals surface area (Å²) in [7, 11) is 0. The molecule has 9 nitrogen and oxygen atoms in total. The minimum Gasteiger partial charge on any atom is -0.481 e. The van der Waals surface area contributed by atoms with Crippen LogP contribution in [0.2, 0.25) is 5.15 Å². The minimum atomic E-state index is -1.04. The molecule has 4 rings (SSSR count). The van der Waals surface area contributed by atoms with Crippen LogP contribution in [0.3, 0.4) is 0 Å². The van der Waals surface area contributed by atoms with E-state index in [1.807, 2.05) is 47.0 Å². The Morgan fingerprint density at radius 2 is 1.71 bits per heavy atom. The molecule has 2 heterocycles. The average molecular weight is 577 g/mol. The lowest BCUT2D eigenvalue weighted by molar-refractivity contribution is -0.136. The van der Waals surface area contributed by atoms with Crippen LogP contribution in [-0.4, -0.2) is 42.2 Å². The number of aromatic carboxylic acids is 1. The molecular formula is C31H33ClN4O5. The number of carbonyl (C=O) groups excluding carboxylic acids is 1. The summed E-state index contributed by atoms with van der Waals surface area (Å²) in [5.74, 6) is -1.55. The molecule has 1 atom stereocenters. The number of aromatic nitrogens is 3. The first kappa shape index (κ1) is 29.6. The molecule has 0 radical (unpaired) electrons. The fraction of sp³-hybridized carbons (Fsp3) is 0.290. The van der Waals surface area contributed by atoms with Gasteiger partial charge in [0.1, 0.15) is 11.9 Å². The summed E-state index contributed by atoms with van der Waals surface area (Å²) in [6, 6.07) is 17.7. The van der Waals surface area contributed by atoms with Crippen LogP contribution < -0.4 is 5.32 Å². The van der Waals surface area contributed by atoms with Crippen molar-refractivity contribution in [2.45, 2.75) is 58.5 Å². The monoisotopic (exact) mass is 576 g/mol. The van der Waals surface area contributed by atoms with Gasteiger partial charge in [-0.05, 0) is 42.7 Å². The van der Waals surface area contributed by atoms with Crippen LogP contribution in [-0.2, 0) is 35.4 Å². The van der Waals surface area contributed by atoms with Gasteiger partial charge in [0, 0.05) is 37.0 Å². The topological polar surface area (TPSA) is 126 Å². The largest absolute Gasteiger partial charge is 0.481 e. The number of nitrogens with zero attached hydrogens (tertiary/aromatic N) is 3. The number of rotatable bonds is 13. The molecule has 0 bridgehead atoms. The number of benzene rings is 2. The van der Waals surface area contributed by atoms with Crippen LogP contribution in [0.5, 0.6) is 0 Å². The number of amides is 1. The number of hydrogen-bond donors (Lipinski definition) is 3. The maximum atomic E-state index is 13.6. The number of unbranched alkanes of at least 4 members (excludes halogenated alkanes) is 1. The van der Waals surface area contributed by atoms with Crippen LogP contribution in [0.25, 0.3) is 0 Å². The van der Waals surface area contributed by atoms with Gasteiger partial charge in [0.05, 0.1) is 17.7 Å². The van der Waals surface area contributed by atoms with E-state index < -0.39 is 18.0 Å². The fourth-order valence-electron chi connectivity index (χ4n) is 4.88. The Labute approximate surface area is 243 Å². The Kier molecular flexibility index (Phi) is 9.62. The molecule has 0 aliphatic carbocycles. The van der Waals surface area contributed by atoms with Crippen molar-refractivity contribution in [3.8, 4) is 0 Å². The highest BCUT2D eigenvalue weighted by Crippen LogP contribution is 2.24. The number of aliphatic carboxylic acids is 1. The van der Waals surface area contributed by atoms with Gasteiger partial charge >= 0.3 is 11.9 Å². The first-order valence-electron chi connectivity index (χ1n) is 13.5. The van der Waals surface area contributed by atoms with E-state index in [1.54, 1.807) is 29.8 Å². The van der Waals surface area contributed by atoms with Crippen molar-refractivity contribution in [1.29, 1.82) is 0 Å². The average Bonchev–Trinajstić information content (AvgIpc) is 3.46. The first-order valence-corrected chi connectivity index (χ1v) is 13.9. The number of imidazole rings is 1. The molecule has 0 aliphatic rings. The van der Waals surface area contributed by atoms with E-state index in [4.69, 9.17) is 11.6 Å². The molecule has 0 unspecified atom stereocenters. The molecule has 0 spiro atoms. The summed E-state index contributed by atoms with van der Waals surface area (Å²) in [6.07, 6.45) is 4.36. The quantitative estimate of drug-likeness (QED) is 0.185. The molecule has 41 heavy (non-hydrogen) atoms. The summed E-state index contributed by atoms with van der Waals surface area (Å²) < 4.78 is 3.56. The van der Waals surface area contributed by atoms with Gasteiger partial charge in [-0.1, -0.05) is 67.4 Å². The number of carboxylic acids is 2. The molecule has 0 aliphatic heterocycles. The molecular weight excluding hydrogens is 544 g/mol. The third-order valence-corrected chi connectivity index (χ3v) is 7.36. The molecule has 4 aromatic rings. The van der Waals surface area contributed by atoms with Crippen LogP contribution >= 0.6 is 11.6 Å². The van der Waals surface area contributed by atoms with Crippen molar-refractivity contribution in [3.63, 3.8) is 0 Å². The smallest absolute Gasteiger partial charge is 0.337 e. The number of carbonyl (C=O) groups is 3. The maximum absolute atomic E-state index is 13.6. The van der Waals surface area contributed by atoms with E-state index >= 15 is 0 Å². The van der Waals surface area contributed by atoms with Crippen LogP contribution in [0.4, 0.5) is 5.69 Å². The predicted octanol–water partition coefficient (Wildman–Crippen LogP) is 5.79. The van der Waals surface area contributed by atoms with Crippen molar-refractivity contribution >= 4 is 35.1 Å². The second-order valence-electron chi connectivity index (χ2n) is 9.94. The van der Waals surface area contributed by atoms with E-state index in [0.29, 0.717) is 36.5 Å². The molecule has 0 saturated heterocycles. The zero-order chi connectivity index (χ0) is 29.5. The number of halogens is 1. The van der Waals surface area contributed by atoms with Crippen molar-refractivity contribution in [2.24, 2.45) is 0 Å². The highest BCUT2D eigenvalue weighted by Gasteiger charge is 2.25. The summed E-state index contributed by atoms with van der Waals surface area (Å²) >= 11 is 6.31. The molecule has 1 amide bonds. The minimum absolute atomic E-state index is 0.153. The molecule has 10 heteroatoms. The lowest BCUT2D eigenvalue weighted by atomic mass is 10.0. The summed E-state index contributed by atoms with van der Waals surface area (Å²) in [6.45, 7) is 4.17. The molecule has 0 saturated carbocycles. The second kappa shape index (κ2) is 13.3. The Hall–Kier alpha value is -4.37. The van der Waals surface area contributed by atoms with Gasteiger partial charge in [-0.15, -0.1) is 0 Å². The molecule has 0 fully saturated rings. The zero-order valence-electron chi connectivity index (χ0n) is 23.0. The third-order valence-electron chi connectivity index (χ3n) is 7.06. The lowest BCUT2D eigenvalue weighted by Crippen LogP contribution is -2.28. The van der Waals surface area contributed by atoms with Crippen molar-refractivity contribution in [3.05, 3.63) is 106 Å². The van der Waals surface area contributed by atoms with Gasteiger partial charge in [-0.2, -0.15) is 0 Å². The SMILES string of the molecule is CCCCc1nc(Cl)c(CC(=O)O)n1Cc1ccc(NC(=O)[C@H](Cc2ccccc2)n2ccc(C(=O)O)c2C)cc1. The van der Waals surface area contributed by atoms with Crippen molar-refractivity contribution < 1.29 is 24.6 Å². The van der Waals surface area contributed by atoms with Crippen LogP contribution in [0.15, 0.2) is 66.9 Å². The Balaban J connectivity index is 1.55. The van der Waals surface area contributed by atoms with Crippen LogP contribution in [0, 0.1) is 6.92 Å². The summed E-state index contributed by atoms with van der Waals surface area (Å²) in [5, 5.41) is 22.1. The molecule has 214 valence electrons. The standard InChI is InChI=1S/C31H33ClN4O5/c1-3-4-10-27-34-29(32)25(18-28(37)38)36(27)19-22-11-13-23(14-12-22)33-30(39)26(17-21-8-6-5-7-9-21)35-16-15-24(20(35)2)31(40)41/h5-9,11-16,26H,3-4,10,17-19H2,1-2H3,(H,33,39)(H,37,38)(H,40,41)/t26-/m0/s1. The maximum Gasteiger partial charge on any atom is 0.337 e. The van der Waals surface area contributed by atoms with E-state index in [-0.39, 0.29) is 23.0 Å². The summed E-state index contributed by atoms with van der Waals surface area (Å²) in [5.41, 5.74) is 3.55. The highest BCUT2D eigenvalue weighted by molar-refractivity contribution is 6.30. The predicted molar refractivity (Wildman–Crippen MR) is 157 cm³/mol. The van der Waals surface area contributed by atoms with Crippen LogP contribution in [0.1, 0.15) is 64.5 Å². The number of nitrogens with one attached hydrogen (secondary N) is 1. The number of hydrogen-bond acceptors (Lipinski definition) is 4. The number of aryl methyl sites for hydroxylation is 1. The zero-order valence-corrected chi connectivity index (χ0v) is 23.8. The van der Waals surface area contributed by atoms with Crippen molar-refractivity contribution in [2.75, 3.05) is 5.32 Å². The Morgan fingerprint density at radius 3 is 2.32 bits per heavy atom. The van der Waals surface area contributed by atoms with E-state index in [0.717, 1.165) is 29.8 Å². The summed E-state index contributed by atoms with van der Waals surface area (Å²) in [4.78, 5) is 41.1. The Morgan fingerprint density at radius 1 is 1.00 bits per heavy atom. The third kappa shape index (κ3) is 7.24. The Bertz CT molecular complexity index is 1530. The van der Waals surface area contributed by atoms with Gasteiger partial charge in [-0.3, -0.25) is 9.59 Å². The molecule has 2 aromatic heterocycles. The lowest BCUT2D eigenvalue weighted by Gasteiger charge is -2.21. The van der Waals surface area contributed by atoms with Crippen molar-refractivity contribution in [1.82, 2.24) is 14.1 Å². The molecule has 3 N–H and O–H groups in total. The van der Waals surface area contributed by atoms with E-state index in [1.165, 1.54) is 6.07 Å². The van der Waals surface area contributed by atoms with Gasteiger partial charge in [0.2, 0.25) is 5.91 Å². The fourth-order valence-corrected chi connectivity index (χ4v) is 5.14. The molecule has 2 aromatic carbocycles. The highest BCUT2D eigenvalue weighted by atomic mass is 35.5. The number of anilines is 1. The van der Waals surface area contributed by atoms with Gasteiger partial charge in [0.15, 0.2) is 5.15 Å². The van der Waals surface area contributed by atoms with E-state index in [2.05, 4.69) is 17.2 Å². The normalized spacial score (nSPS) is 11.8. The van der Waals surface area contributed by atoms with Gasteiger partial charge < -0.3 is 24.7 Å². The number of carboxylic acid groups (broad SMARTS) is 2. The van der Waals surface area contributed by atoms with E-state index in [9.17, 15) is 24.6 Å². The van der Waals surface area contributed by atoms with Gasteiger partial charge in [-0.25, -0.2) is 9.78 Å². The van der Waals surface area contributed by atoms with Gasteiger partial charge in [0.25, 0.3) is 0 Å². The first-order chi connectivity index (χ1) is 19.7. The second-order valence-corrected chi connectivity index (χ2v) is 10.3.